The van der Waals surface area contributed by atoms with Gasteiger partial charge in [0.05, 0.1) is 11.7 Å². The monoisotopic (exact) mass is 260 g/mol. The van der Waals surface area contributed by atoms with Crippen LogP contribution in [-0.4, -0.2) is 46.7 Å². The molecule has 1 N–H and O–H groups in total. The molecule has 0 radical (unpaired) electrons. The molecule has 0 bridgehead atoms. The first-order valence-corrected chi connectivity index (χ1v) is 7.04. The molecule has 0 aromatic heterocycles. The Hall–Kier alpha value is -1.39. The van der Waals surface area contributed by atoms with Crippen LogP contribution in [0.4, 0.5) is 0 Å². The lowest BCUT2D eigenvalue weighted by Crippen LogP contribution is -2.49. The maximum absolute atomic E-state index is 11.0. The number of carboxylic acid groups (broad SMARTS) is 1. The Labute approximate surface area is 113 Å². The van der Waals surface area contributed by atoms with Crippen LogP contribution >= 0.6 is 0 Å². The molecule has 19 heavy (non-hydrogen) atoms. The van der Waals surface area contributed by atoms with Gasteiger partial charge < -0.3 is 5.11 Å². The zero-order valence-electron chi connectivity index (χ0n) is 11.1. The fourth-order valence-corrected chi connectivity index (χ4v) is 3.33. The van der Waals surface area contributed by atoms with Crippen LogP contribution in [0.5, 0.6) is 0 Å². The van der Waals surface area contributed by atoms with Gasteiger partial charge in [-0.05, 0) is 43.5 Å². The van der Waals surface area contributed by atoms with Crippen LogP contribution < -0.4 is 0 Å². The van der Waals surface area contributed by atoms with E-state index in [0.29, 0.717) is 11.7 Å². The van der Waals surface area contributed by atoms with Crippen molar-refractivity contribution in [1.82, 2.24) is 9.80 Å². The van der Waals surface area contributed by atoms with E-state index < -0.39 is 5.97 Å². The average molecular weight is 260 g/mol. The highest BCUT2D eigenvalue weighted by molar-refractivity contribution is 5.87. The average Bonchev–Trinajstić information content (AvgIpc) is 2.88. The van der Waals surface area contributed by atoms with Crippen molar-refractivity contribution in [1.29, 1.82) is 0 Å². The Morgan fingerprint density at radius 2 is 2.11 bits per heavy atom. The molecule has 2 saturated heterocycles. The maximum Gasteiger partial charge on any atom is 0.335 e. The van der Waals surface area contributed by atoms with Crippen molar-refractivity contribution in [2.75, 3.05) is 19.6 Å². The molecule has 0 saturated carbocycles. The summed E-state index contributed by atoms with van der Waals surface area (Å²) in [4.78, 5) is 16.1. The van der Waals surface area contributed by atoms with E-state index in [9.17, 15) is 4.79 Å². The molecule has 0 aliphatic carbocycles. The van der Waals surface area contributed by atoms with Gasteiger partial charge in [-0.15, -0.1) is 0 Å². The number of hydrogen-bond acceptors (Lipinski definition) is 3. The Morgan fingerprint density at radius 3 is 2.95 bits per heavy atom. The molecular weight excluding hydrogens is 240 g/mol. The third-order valence-corrected chi connectivity index (χ3v) is 4.20. The standard InChI is InChI=1S/C15H20N2O2/c18-15(19)13-5-1-4-12(10-13)11-17-9-3-8-16-7-2-6-14(16)17/h1,4-5,10,14H,2-3,6-9,11H2,(H,18,19). The molecule has 2 fully saturated rings. The number of carboxylic acids is 1. The predicted octanol–water partition coefficient (Wildman–Crippen LogP) is 2.01. The normalized spacial score (nSPS) is 24.3. The molecule has 2 aliphatic heterocycles. The number of aromatic carboxylic acids is 1. The second-order valence-corrected chi connectivity index (χ2v) is 5.49. The summed E-state index contributed by atoms with van der Waals surface area (Å²) < 4.78 is 0. The van der Waals surface area contributed by atoms with Gasteiger partial charge in [-0.2, -0.15) is 0 Å². The largest absolute Gasteiger partial charge is 0.478 e. The van der Waals surface area contributed by atoms with Gasteiger partial charge in [0.2, 0.25) is 0 Å². The van der Waals surface area contributed by atoms with Crippen LogP contribution in [0.3, 0.4) is 0 Å². The summed E-state index contributed by atoms with van der Waals surface area (Å²) in [7, 11) is 0. The van der Waals surface area contributed by atoms with Crippen LogP contribution in [0.2, 0.25) is 0 Å². The van der Waals surface area contributed by atoms with Crippen molar-refractivity contribution in [3.05, 3.63) is 35.4 Å². The fraction of sp³-hybridized carbons (Fsp3) is 0.533. The molecule has 3 rings (SSSR count). The summed E-state index contributed by atoms with van der Waals surface area (Å²) >= 11 is 0. The number of nitrogens with zero attached hydrogens (tertiary/aromatic N) is 2. The minimum Gasteiger partial charge on any atom is -0.478 e. The molecule has 1 unspecified atom stereocenters. The first kappa shape index (κ1) is 12.6. The van der Waals surface area contributed by atoms with Gasteiger partial charge in [0, 0.05) is 19.6 Å². The van der Waals surface area contributed by atoms with Crippen LogP contribution in [-0.2, 0) is 6.54 Å². The molecule has 0 spiro atoms. The number of benzene rings is 1. The second-order valence-electron chi connectivity index (χ2n) is 5.49. The quantitative estimate of drug-likeness (QED) is 0.903. The van der Waals surface area contributed by atoms with Crippen LogP contribution in [0.15, 0.2) is 24.3 Å². The number of carbonyl (C=O) groups is 1. The van der Waals surface area contributed by atoms with Gasteiger partial charge in [-0.3, -0.25) is 9.80 Å². The van der Waals surface area contributed by atoms with Gasteiger partial charge in [-0.25, -0.2) is 4.79 Å². The lowest BCUT2D eigenvalue weighted by atomic mass is 10.1. The van der Waals surface area contributed by atoms with Gasteiger partial charge >= 0.3 is 5.97 Å². The highest BCUT2D eigenvalue weighted by atomic mass is 16.4. The Morgan fingerprint density at radius 1 is 1.26 bits per heavy atom. The van der Waals surface area contributed by atoms with Gasteiger partial charge in [0.25, 0.3) is 0 Å². The van der Waals surface area contributed by atoms with Crippen LogP contribution in [0.25, 0.3) is 0 Å². The smallest absolute Gasteiger partial charge is 0.335 e. The van der Waals surface area contributed by atoms with E-state index in [1.807, 2.05) is 12.1 Å². The van der Waals surface area contributed by atoms with Gasteiger partial charge in [0.15, 0.2) is 0 Å². The van der Waals surface area contributed by atoms with Crippen LogP contribution in [0, 0.1) is 0 Å². The highest BCUT2D eigenvalue weighted by Gasteiger charge is 2.32. The molecular formula is C15H20N2O2. The van der Waals surface area contributed by atoms with Gasteiger partial charge in [-0.1, -0.05) is 12.1 Å². The number of rotatable bonds is 3. The van der Waals surface area contributed by atoms with Crippen molar-refractivity contribution in [3.8, 4) is 0 Å². The Balaban J connectivity index is 1.73. The van der Waals surface area contributed by atoms with E-state index in [4.69, 9.17) is 5.11 Å². The van der Waals surface area contributed by atoms with Crippen molar-refractivity contribution < 1.29 is 9.90 Å². The van der Waals surface area contributed by atoms with Crippen molar-refractivity contribution in [2.24, 2.45) is 0 Å². The van der Waals surface area contributed by atoms with E-state index in [1.54, 1.807) is 12.1 Å². The van der Waals surface area contributed by atoms with Crippen molar-refractivity contribution in [3.63, 3.8) is 0 Å². The molecule has 102 valence electrons. The lowest BCUT2D eigenvalue weighted by molar-refractivity contribution is 0.0286. The summed E-state index contributed by atoms with van der Waals surface area (Å²) in [6, 6.07) is 7.33. The van der Waals surface area contributed by atoms with E-state index in [2.05, 4.69) is 9.80 Å². The molecule has 2 aliphatic rings. The SMILES string of the molecule is O=C(O)c1cccc(CN2CCCN3CCCC32)c1. The fourth-order valence-electron chi connectivity index (χ4n) is 3.33. The minimum absolute atomic E-state index is 0.387. The third kappa shape index (κ3) is 2.65. The topological polar surface area (TPSA) is 43.8 Å². The zero-order chi connectivity index (χ0) is 13.2. The molecule has 0 amide bonds. The van der Waals surface area contributed by atoms with Gasteiger partial charge in [0.1, 0.15) is 0 Å². The summed E-state index contributed by atoms with van der Waals surface area (Å²) in [6.45, 7) is 4.42. The van der Waals surface area contributed by atoms with E-state index in [-0.39, 0.29) is 0 Å². The molecule has 4 heteroatoms. The van der Waals surface area contributed by atoms with E-state index in [1.165, 1.54) is 32.4 Å². The summed E-state index contributed by atoms with van der Waals surface area (Å²) in [6.07, 6.45) is 4.33. The first-order valence-electron chi connectivity index (χ1n) is 7.04. The summed E-state index contributed by atoms with van der Waals surface area (Å²) in [5, 5.41) is 9.04. The minimum atomic E-state index is -0.844. The maximum atomic E-state index is 11.0. The highest BCUT2D eigenvalue weighted by Crippen LogP contribution is 2.26. The molecule has 1 aromatic rings. The van der Waals surface area contributed by atoms with Crippen molar-refractivity contribution in [2.45, 2.75) is 32.0 Å². The third-order valence-electron chi connectivity index (χ3n) is 4.20. The first-order chi connectivity index (χ1) is 9.24. The second kappa shape index (κ2) is 5.31. The summed E-state index contributed by atoms with van der Waals surface area (Å²) in [5.41, 5.74) is 1.49. The summed E-state index contributed by atoms with van der Waals surface area (Å²) in [5.74, 6) is -0.844. The van der Waals surface area contributed by atoms with E-state index >= 15 is 0 Å². The number of fused-ring (bicyclic) bond motifs is 1. The number of hydrogen-bond donors (Lipinski definition) is 1. The molecule has 4 nitrogen and oxygen atoms in total. The van der Waals surface area contributed by atoms with E-state index in [0.717, 1.165) is 18.7 Å². The predicted molar refractivity (Wildman–Crippen MR) is 73.0 cm³/mol. The van der Waals surface area contributed by atoms with Crippen molar-refractivity contribution >= 4 is 5.97 Å². The Kier molecular flexibility index (Phi) is 3.53. The zero-order valence-corrected chi connectivity index (χ0v) is 11.1. The molecule has 1 aromatic carbocycles. The van der Waals surface area contributed by atoms with Crippen LogP contribution in [0.1, 0.15) is 35.2 Å². The Bertz CT molecular complexity index is 475. The molecule has 1 atom stereocenters. The molecule has 2 heterocycles. The lowest BCUT2D eigenvalue weighted by Gasteiger charge is -2.40.